The van der Waals surface area contributed by atoms with Gasteiger partial charge in [-0.15, -0.1) is 6.58 Å². The zero-order chi connectivity index (χ0) is 11.7. The second-order valence-corrected chi connectivity index (χ2v) is 4.80. The molecule has 0 aliphatic carbocycles. The molecular formula is C13H28N2. The third-order valence-corrected chi connectivity index (χ3v) is 3.32. The van der Waals surface area contributed by atoms with Crippen LogP contribution < -0.4 is 11.3 Å². The molecule has 0 amide bonds. The fourth-order valence-corrected chi connectivity index (χ4v) is 1.79. The first-order valence-corrected chi connectivity index (χ1v) is 6.20. The maximum Gasteiger partial charge on any atom is 0.0238 e. The fourth-order valence-electron chi connectivity index (χ4n) is 1.79. The van der Waals surface area contributed by atoms with Crippen molar-refractivity contribution in [2.45, 2.75) is 58.9 Å². The van der Waals surface area contributed by atoms with Crippen molar-refractivity contribution in [2.75, 3.05) is 0 Å². The minimum Gasteiger partial charge on any atom is -0.271 e. The van der Waals surface area contributed by atoms with Gasteiger partial charge < -0.3 is 0 Å². The number of hydrogen-bond acceptors (Lipinski definition) is 2. The van der Waals surface area contributed by atoms with E-state index >= 15 is 0 Å². The number of hydrogen-bond donors (Lipinski definition) is 2. The molecule has 0 saturated carbocycles. The Labute approximate surface area is 95.3 Å². The van der Waals surface area contributed by atoms with Gasteiger partial charge in [-0.25, -0.2) is 0 Å². The maximum absolute atomic E-state index is 5.59. The number of allylic oxidation sites excluding steroid dienone is 1. The zero-order valence-corrected chi connectivity index (χ0v) is 10.6. The van der Waals surface area contributed by atoms with Crippen molar-refractivity contribution in [3.63, 3.8) is 0 Å². The van der Waals surface area contributed by atoms with E-state index in [9.17, 15) is 0 Å². The van der Waals surface area contributed by atoms with Crippen molar-refractivity contribution < 1.29 is 0 Å². The summed E-state index contributed by atoms with van der Waals surface area (Å²) >= 11 is 0. The standard InChI is InChI=1S/C13H28N2/c1-5-6-7-8-9-10-13(15-14)12(4)11(2)3/h5,11-13,15H,1,6-10,14H2,2-4H3. The van der Waals surface area contributed by atoms with Gasteiger partial charge in [0, 0.05) is 6.04 Å². The molecule has 2 nitrogen and oxygen atoms in total. The monoisotopic (exact) mass is 212 g/mol. The lowest BCUT2D eigenvalue weighted by atomic mass is 9.87. The summed E-state index contributed by atoms with van der Waals surface area (Å²) in [6.07, 6.45) is 8.13. The third kappa shape index (κ3) is 6.69. The molecule has 0 aliphatic rings. The molecule has 2 heteroatoms. The SMILES string of the molecule is C=CCCCCCC(NN)C(C)C(C)C. The Kier molecular flexibility index (Phi) is 8.73. The average Bonchev–Trinajstić information content (AvgIpc) is 2.22. The van der Waals surface area contributed by atoms with Crippen LogP contribution in [0, 0.1) is 11.8 Å². The van der Waals surface area contributed by atoms with E-state index in [1.54, 1.807) is 0 Å². The molecule has 0 aromatic rings. The molecule has 0 rings (SSSR count). The van der Waals surface area contributed by atoms with Crippen molar-refractivity contribution in [2.24, 2.45) is 17.7 Å². The van der Waals surface area contributed by atoms with E-state index in [1.807, 2.05) is 6.08 Å². The summed E-state index contributed by atoms with van der Waals surface area (Å²) < 4.78 is 0. The van der Waals surface area contributed by atoms with Gasteiger partial charge in [-0.05, 0) is 31.1 Å². The molecule has 0 radical (unpaired) electrons. The van der Waals surface area contributed by atoms with Crippen LogP contribution in [0.5, 0.6) is 0 Å². The summed E-state index contributed by atoms with van der Waals surface area (Å²) in [5.74, 6) is 6.93. The van der Waals surface area contributed by atoms with Crippen molar-refractivity contribution >= 4 is 0 Å². The minimum absolute atomic E-state index is 0.466. The number of hydrazine groups is 1. The molecule has 2 unspecified atom stereocenters. The van der Waals surface area contributed by atoms with E-state index < -0.39 is 0 Å². The predicted molar refractivity (Wildman–Crippen MR) is 68.4 cm³/mol. The van der Waals surface area contributed by atoms with Crippen LogP contribution in [-0.2, 0) is 0 Å². The summed E-state index contributed by atoms with van der Waals surface area (Å²) in [4.78, 5) is 0. The number of nitrogens with two attached hydrogens (primary N) is 1. The molecular weight excluding hydrogens is 184 g/mol. The molecule has 2 atom stereocenters. The van der Waals surface area contributed by atoms with Gasteiger partial charge in [0.1, 0.15) is 0 Å². The fraction of sp³-hybridized carbons (Fsp3) is 0.846. The first-order chi connectivity index (χ1) is 7.13. The van der Waals surface area contributed by atoms with Crippen LogP contribution in [0.3, 0.4) is 0 Å². The topological polar surface area (TPSA) is 38.0 Å². The van der Waals surface area contributed by atoms with E-state index in [4.69, 9.17) is 5.84 Å². The van der Waals surface area contributed by atoms with Crippen molar-refractivity contribution in [1.82, 2.24) is 5.43 Å². The van der Waals surface area contributed by atoms with Crippen molar-refractivity contribution in [3.8, 4) is 0 Å². The predicted octanol–water partition coefficient (Wildman–Crippen LogP) is 3.25. The lowest BCUT2D eigenvalue weighted by Gasteiger charge is -2.26. The molecule has 0 aromatic carbocycles. The Morgan fingerprint density at radius 2 is 1.87 bits per heavy atom. The van der Waals surface area contributed by atoms with Crippen LogP contribution in [0.1, 0.15) is 52.9 Å². The molecule has 0 fully saturated rings. The van der Waals surface area contributed by atoms with Gasteiger partial charge in [0.05, 0.1) is 0 Å². The van der Waals surface area contributed by atoms with Crippen molar-refractivity contribution in [1.29, 1.82) is 0 Å². The van der Waals surface area contributed by atoms with Crippen LogP contribution in [0.4, 0.5) is 0 Å². The summed E-state index contributed by atoms with van der Waals surface area (Å²) in [6, 6.07) is 0.466. The summed E-state index contributed by atoms with van der Waals surface area (Å²) in [5.41, 5.74) is 2.95. The van der Waals surface area contributed by atoms with Gasteiger partial charge in [0.25, 0.3) is 0 Å². The maximum atomic E-state index is 5.59. The van der Waals surface area contributed by atoms with Gasteiger partial charge in [-0.1, -0.05) is 39.7 Å². The largest absolute Gasteiger partial charge is 0.271 e. The van der Waals surface area contributed by atoms with Gasteiger partial charge in [0.15, 0.2) is 0 Å². The molecule has 0 saturated heterocycles. The van der Waals surface area contributed by atoms with Crippen LogP contribution in [0.15, 0.2) is 12.7 Å². The molecule has 0 aromatic heterocycles. The average molecular weight is 212 g/mol. The zero-order valence-electron chi connectivity index (χ0n) is 10.6. The Morgan fingerprint density at radius 3 is 2.33 bits per heavy atom. The van der Waals surface area contributed by atoms with Gasteiger partial charge in [0.2, 0.25) is 0 Å². The Morgan fingerprint density at radius 1 is 1.20 bits per heavy atom. The van der Waals surface area contributed by atoms with Gasteiger partial charge in [-0.2, -0.15) is 0 Å². The smallest absolute Gasteiger partial charge is 0.0238 e. The molecule has 0 bridgehead atoms. The van der Waals surface area contributed by atoms with E-state index in [1.165, 1.54) is 25.7 Å². The molecule has 15 heavy (non-hydrogen) atoms. The third-order valence-electron chi connectivity index (χ3n) is 3.32. The van der Waals surface area contributed by atoms with Crippen LogP contribution >= 0.6 is 0 Å². The van der Waals surface area contributed by atoms with Gasteiger partial charge in [-0.3, -0.25) is 11.3 Å². The second-order valence-electron chi connectivity index (χ2n) is 4.80. The van der Waals surface area contributed by atoms with E-state index in [2.05, 4.69) is 32.8 Å². The minimum atomic E-state index is 0.466. The first kappa shape index (κ1) is 14.7. The van der Waals surface area contributed by atoms with Gasteiger partial charge >= 0.3 is 0 Å². The van der Waals surface area contributed by atoms with Crippen molar-refractivity contribution in [3.05, 3.63) is 12.7 Å². The summed E-state index contributed by atoms with van der Waals surface area (Å²) in [5, 5.41) is 0. The summed E-state index contributed by atoms with van der Waals surface area (Å²) in [6.45, 7) is 10.5. The first-order valence-electron chi connectivity index (χ1n) is 6.20. The lowest BCUT2D eigenvalue weighted by molar-refractivity contribution is 0.282. The Bertz CT molecular complexity index is 155. The normalized spacial score (nSPS) is 15.3. The molecule has 0 spiro atoms. The van der Waals surface area contributed by atoms with Crippen LogP contribution in [-0.4, -0.2) is 6.04 Å². The quantitative estimate of drug-likeness (QED) is 0.266. The summed E-state index contributed by atoms with van der Waals surface area (Å²) in [7, 11) is 0. The Balaban J connectivity index is 3.65. The highest BCUT2D eigenvalue weighted by Crippen LogP contribution is 2.18. The second kappa shape index (κ2) is 8.93. The van der Waals surface area contributed by atoms with E-state index in [0.717, 1.165) is 6.42 Å². The highest BCUT2D eigenvalue weighted by molar-refractivity contribution is 4.73. The highest BCUT2D eigenvalue weighted by Gasteiger charge is 2.18. The molecule has 3 N–H and O–H groups in total. The number of rotatable bonds is 9. The molecule has 90 valence electrons. The van der Waals surface area contributed by atoms with E-state index in [-0.39, 0.29) is 0 Å². The Hall–Kier alpha value is -0.340. The van der Waals surface area contributed by atoms with Crippen LogP contribution in [0.2, 0.25) is 0 Å². The molecule has 0 heterocycles. The lowest BCUT2D eigenvalue weighted by Crippen LogP contribution is -2.41. The number of unbranched alkanes of at least 4 members (excludes halogenated alkanes) is 3. The van der Waals surface area contributed by atoms with E-state index in [0.29, 0.717) is 17.9 Å². The molecule has 0 aliphatic heterocycles. The van der Waals surface area contributed by atoms with Crippen LogP contribution in [0.25, 0.3) is 0 Å². The number of nitrogens with one attached hydrogen (secondary N) is 1. The highest BCUT2D eigenvalue weighted by atomic mass is 15.2.